The van der Waals surface area contributed by atoms with Gasteiger partial charge >= 0.3 is 0 Å². The van der Waals surface area contributed by atoms with Gasteiger partial charge in [0.15, 0.2) is 0 Å². The van der Waals surface area contributed by atoms with Gasteiger partial charge in [-0.3, -0.25) is 9.00 Å². The average Bonchev–Trinajstić information content (AvgIpc) is 2.80. The van der Waals surface area contributed by atoms with Crippen LogP contribution in [0.1, 0.15) is 28.8 Å². The van der Waals surface area contributed by atoms with Crippen molar-refractivity contribution in [1.29, 1.82) is 0 Å². The van der Waals surface area contributed by atoms with Crippen LogP contribution in [0.25, 0.3) is 0 Å². The highest BCUT2D eigenvalue weighted by Crippen LogP contribution is 2.23. The molecule has 2 aromatic rings. The first-order valence-electron chi connectivity index (χ1n) is 10.6. The molecule has 4 rings (SSSR count). The molecular formula is C23H27FN2O4S. The van der Waals surface area contributed by atoms with Gasteiger partial charge in [-0.05, 0) is 48.7 Å². The van der Waals surface area contributed by atoms with Gasteiger partial charge in [0, 0.05) is 59.4 Å². The Bertz CT molecular complexity index is 943. The van der Waals surface area contributed by atoms with Crippen LogP contribution in [0.15, 0.2) is 42.5 Å². The zero-order chi connectivity index (χ0) is 21.6. The molecule has 31 heavy (non-hydrogen) atoms. The zero-order valence-electron chi connectivity index (χ0n) is 17.3. The molecule has 2 heterocycles. The summed E-state index contributed by atoms with van der Waals surface area (Å²) >= 11 is 0. The largest absolute Gasteiger partial charge is 0.381 e. The smallest absolute Gasteiger partial charge is 0.255 e. The Labute approximate surface area is 184 Å². The third-order valence-corrected chi connectivity index (χ3v) is 7.43. The molecule has 0 radical (unpaired) electrons. The molecule has 8 heteroatoms. The van der Waals surface area contributed by atoms with Gasteiger partial charge in [-0.1, -0.05) is 12.1 Å². The summed E-state index contributed by atoms with van der Waals surface area (Å²) in [6, 6.07) is 11.9. The Morgan fingerprint density at radius 2 is 1.81 bits per heavy atom. The lowest BCUT2D eigenvalue weighted by molar-refractivity contribution is 0.0991. The quantitative estimate of drug-likeness (QED) is 0.737. The van der Waals surface area contributed by atoms with Crippen LogP contribution < -0.4 is 10.2 Å². The SMILES string of the molecule is O=C(Nc1cccc(CS(=O)C2CCOCC2)c1)c1ccc(N2CCOCC2)c(F)c1. The molecule has 166 valence electrons. The van der Waals surface area contributed by atoms with Gasteiger partial charge in [-0.25, -0.2) is 4.39 Å². The average molecular weight is 447 g/mol. The number of nitrogens with zero attached hydrogens (tertiary/aromatic N) is 1. The van der Waals surface area contributed by atoms with E-state index in [-0.39, 0.29) is 16.7 Å². The van der Waals surface area contributed by atoms with Gasteiger partial charge in [-0.15, -0.1) is 0 Å². The third-order valence-electron chi connectivity index (χ3n) is 5.60. The summed E-state index contributed by atoms with van der Waals surface area (Å²) in [6.45, 7) is 3.71. The molecular weight excluding hydrogens is 419 g/mol. The number of anilines is 2. The standard InChI is InChI=1S/C23H27FN2O4S/c24-21-15-18(4-5-22(21)26-8-12-30-13-9-26)23(27)25-19-3-1-2-17(14-19)16-31(28)20-6-10-29-11-7-20/h1-5,14-15,20H,6-13,16H2,(H,25,27). The minimum Gasteiger partial charge on any atom is -0.381 e. The molecule has 6 nitrogen and oxygen atoms in total. The van der Waals surface area contributed by atoms with Crippen molar-refractivity contribution < 1.29 is 22.9 Å². The van der Waals surface area contributed by atoms with Crippen LogP contribution >= 0.6 is 0 Å². The van der Waals surface area contributed by atoms with Crippen molar-refractivity contribution in [3.05, 3.63) is 59.4 Å². The molecule has 0 spiro atoms. The number of carbonyl (C=O) groups is 1. The number of hydrogen-bond donors (Lipinski definition) is 1. The predicted octanol–water partition coefficient (Wildman–Crippen LogP) is 3.34. The summed E-state index contributed by atoms with van der Waals surface area (Å²) in [5, 5.41) is 2.97. The highest BCUT2D eigenvalue weighted by Gasteiger charge is 2.21. The predicted molar refractivity (Wildman–Crippen MR) is 120 cm³/mol. The fourth-order valence-corrected chi connectivity index (χ4v) is 5.33. The van der Waals surface area contributed by atoms with Crippen LogP contribution in [0.3, 0.4) is 0 Å². The van der Waals surface area contributed by atoms with E-state index in [0.717, 1.165) is 18.4 Å². The maximum atomic E-state index is 14.6. The fraction of sp³-hybridized carbons (Fsp3) is 0.435. The number of carbonyl (C=O) groups excluding carboxylic acids is 1. The topological polar surface area (TPSA) is 67.9 Å². The number of morpholine rings is 1. The Morgan fingerprint density at radius 3 is 2.55 bits per heavy atom. The van der Waals surface area contributed by atoms with Crippen LogP contribution in [0.4, 0.5) is 15.8 Å². The molecule has 2 aromatic carbocycles. The van der Waals surface area contributed by atoms with Gasteiger partial charge < -0.3 is 19.7 Å². The lowest BCUT2D eigenvalue weighted by Gasteiger charge is -2.29. The second-order valence-electron chi connectivity index (χ2n) is 7.76. The second-order valence-corrected chi connectivity index (χ2v) is 9.47. The Balaban J connectivity index is 1.39. The Morgan fingerprint density at radius 1 is 1.06 bits per heavy atom. The molecule has 1 unspecified atom stereocenters. The first-order chi connectivity index (χ1) is 15.1. The van der Waals surface area contributed by atoms with Crippen molar-refractivity contribution in [2.75, 3.05) is 49.7 Å². The van der Waals surface area contributed by atoms with Crippen LogP contribution in [0.2, 0.25) is 0 Å². The molecule has 0 aliphatic carbocycles. The van der Waals surface area contributed by atoms with E-state index < -0.39 is 16.6 Å². The molecule has 2 aliphatic rings. The summed E-state index contributed by atoms with van der Waals surface area (Å²) in [4.78, 5) is 14.6. The minimum atomic E-state index is -0.979. The van der Waals surface area contributed by atoms with Crippen LogP contribution in [-0.2, 0) is 26.0 Å². The van der Waals surface area contributed by atoms with E-state index in [2.05, 4.69) is 5.32 Å². The zero-order valence-corrected chi connectivity index (χ0v) is 18.2. The Hall–Kier alpha value is -2.29. The van der Waals surface area contributed by atoms with E-state index >= 15 is 0 Å². The van der Waals surface area contributed by atoms with E-state index in [0.29, 0.717) is 56.6 Å². The van der Waals surface area contributed by atoms with Gasteiger partial charge in [0.2, 0.25) is 0 Å². The van der Waals surface area contributed by atoms with E-state index in [1.54, 1.807) is 18.2 Å². The van der Waals surface area contributed by atoms with Gasteiger partial charge in [0.05, 0.1) is 18.9 Å². The highest BCUT2D eigenvalue weighted by atomic mass is 32.2. The van der Waals surface area contributed by atoms with E-state index in [4.69, 9.17) is 9.47 Å². The molecule has 0 saturated carbocycles. The van der Waals surface area contributed by atoms with Gasteiger partial charge in [0.25, 0.3) is 5.91 Å². The van der Waals surface area contributed by atoms with E-state index in [1.807, 2.05) is 23.1 Å². The maximum absolute atomic E-state index is 14.6. The number of amides is 1. The van der Waals surface area contributed by atoms with Crippen molar-refractivity contribution in [3.8, 4) is 0 Å². The van der Waals surface area contributed by atoms with Crippen LogP contribution in [0, 0.1) is 5.82 Å². The van der Waals surface area contributed by atoms with Gasteiger partial charge in [-0.2, -0.15) is 0 Å². The normalized spacial score (nSPS) is 18.5. The molecule has 0 bridgehead atoms. The number of ether oxygens (including phenoxy) is 2. The Kier molecular flexibility index (Phi) is 7.32. The summed E-state index contributed by atoms with van der Waals surface area (Å²) < 4.78 is 37.9. The second kappa shape index (κ2) is 10.3. The molecule has 1 atom stereocenters. The fourth-order valence-electron chi connectivity index (χ4n) is 3.87. The molecule has 2 fully saturated rings. The molecule has 1 N–H and O–H groups in total. The van der Waals surface area contributed by atoms with Crippen molar-refractivity contribution >= 4 is 28.1 Å². The van der Waals surface area contributed by atoms with Crippen LogP contribution in [-0.4, -0.2) is 54.9 Å². The number of benzene rings is 2. The molecule has 0 aromatic heterocycles. The lowest BCUT2D eigenvalue weighted by atomic mass is 10.1. The summed E-state index contributed by atoms with van der Waals surface area (Å²) in [6.07, 6.45) is 1.63. The van der Waals surface area contributed by atoms with E-state index in [1.165, 1.54) is 6.07 Å². The third kappa shape index (κ3) is 5.70. The lowest BCUT2D eigenvalue weighted by Crippen LogP contribution is -2.36. The summed E-state index contributed by atoms with van der Waals surface area (Å²) in [7, 11) is -0.979. The van der Waals surface area contributed by atoms with Crippen molar-refractivity contribution in [2.45, 2.75) is 23.8 Å². The first-order valence-corrected chi connectivity index (χ1v) is 12.0. The van der Waals surface area contributed by atoms with Gasteiger partial charge in [0.1, 0.15) is 5.82 Å². The van der Waals surface area contributed by atoms with Crippen molar-refractivity contribution in [3.63, 3.8) is 0 Å². The molecule has 1 amide bonds. The van der Waals surface area contributed by atoms with Crippen molar-refractivity contribution in [2.24, 2.45) is 0 Å². The monoisotopic (exact) mass is 446 g/mol. The maximum Gasteiger partial charge on any atom is 0.255 e. The first kappa shape index (κ1) is 21.9. The summed E-state index contributed by atoms with van der Waals surface area (Å²) in [5.41, 5.74) is 2.24. The van der Waals surface area contributed by atoms with E-state index in [9.17, 15) is 13.4 Å². The number of rotatable bonds is 6. The molecule has 2 aliphatic heterocycles. The number of nitrogens with one attached hydrogen (secondary N) is 1. The molecule has 2 saturated heterocycles. The number of halogens is 1. The summed E-state index contributed by atoms with van der Waals surface area (Å²) in [5.74, 6) is -0.359. The highest BCUT2D eigenvalue weighted by molar-refractivity contribution is 7.84. The van der Waals surface area contributed by atoms with Crippen LogP contribution in [0.5, 0.6) is 0 Å². The van der Waals surface area contributed by atoms with Crippen molar-refractivity contribution in [1.82, 2.24) is 0 Å². The number of hydrogen-bond acceptors (Lipinski definition) is 5. The minimum absolute atomic E-state index is 0.153.